The fourth-order valence-corrected chi connectivity index (χ4v) is 4.14. The van der Waals surface area contributed by atoms with Crippen LogP contribution in [0.3, 0.4) is 0 Å². The lowest BCUT2D eigenvalue weighted by atomic mass is 9.99. The number of hydrogen-bond donors (Lipinski definition) is 4. The topological polar surface area (TPSA) is 205 Å². The van der Waals surface area contributed by atoms with E-state index in [1.54, 1.807) is 30.3 Å². The molecule has 0 fully saturated rings. The highest BCUT2D eigenvalue weighted by molar-refractivity contribution is 6.12. The quantitative estimate of drug-likeness (QED) is 0.0792. The zero-order valence-electron chi connectivity index (χ0n) is 24.4. The van der Waals surface area contributed by atoms with E-state index in [0.717, 1.165) is 10.5 Å². The molecular weight excluding hydrogens is 576 g/mol. The number of aliphatic carboxylic acids is 1. The van der Waals surface area contributed by atoms with Crippen molar-refractivity contribution in [1.82, 2.24) is 20.9 Å². The molecule has 0 unspecified atom stereocenters. The van der Waals surface area contributed by atoms with E-state index in [-0.39, 0.29) is 81.9 Å². The van der Waals surface area contributed by atoms with Crippen LogP contribution in [0.5, 0.6) is 0 Å². The summed E-state index contributed by atoms with van der Waals surface area (Å²) in [6.07, 6.45) is 3.77. The maximum atomic E-state index is 12.9. The van der Waals surface area contributed by atoms with E-state index in [0.29, 0.717) is 19.3 Å². The van der Waals surface area contributed by atoms with Crippen molar-refractivity contribution in [3.8, 4) is 0 Å². The molecule has 1 aromatic rings. The van der Waals surface area contributed by atoms with Gasteiger partial charge in [-0.2, -0.15) is 0 Å². The smallest absolute Gasteiger partial charge is 0.329 e. The summed E-state index contributed by atoms with van der Waals surface area (Å²) in [6.45, 7) is -0.856. The molecular formula is C30H38N4O10. The molecule has 0 spiro atoms. The molecule has 0 aliphatic carbocycles. The van der Waals surface area contributed by atoms with E-state index in [2.05, 4.69) is 16.0 Å². The number of carboxylic acid groups (broad SMARTS) is 1. The predicted octanol–water partition coefficient (Wildman–Crippen LogP) is 0.189. The van der Waals surface area contributed by atoms with Gasteiger partial charge in [-0.25, -0.2) is 4.79 Å². The Morgan fingerprint density at radius 3 is 2.11 bits per heavy atom. The Kier molecular flexibility index (Phi) is 15.7. The summed E-state index contributed by atoms with van der Waals surface area (Å²) in [5.74, 6) is -4.01. The van der Waals surface area contributed by atoms with E-state index in [4.69, 9.17) is 9.84 Å². The maximum Gasteiger partial charge on any atom is 0.329 e. The Labute approximate surface area is 254 Å². The summed E-state index contributed by atoms with van der Waals surface area (Å²) in [7, 11) is 0. The number of hydrogen-bond acceptors (Lipinski definition) is 9. The van der Waals surface area contributed by atoms with Crippen molar-refractivity contribution in [3.63, 3.8) is 0 Å². The number of Topliss-reactive ketones (excluding diaryl/α,β-unsaturated/α-hetero) is 2. The highest BCUT2D eigenvalue weighted by Crippen LogP contribution is 2.09. The molecule has 0 radical (unpaired) electrons. The molecule has 44 heavy (non-hydrogen) atoms. The number of amides is 5. The molecule has 4 N–H and O–H groups in total. The van der Waals surface area contributed by atoms with Gasteiger partial charge in [0.05, 0.1) is 12.6 Å². The Morgan fingerprint density at radius 2 is 1.43 bits per heavy atom. The van der Waals surface area contributed by atoms with Crippen molar-refractivity contribution in [2.75, 3.05) is 26.4 Å². The van der Waals surface area contributed by atoms with Gasteiger partial charge in [0, 0.05) is 50.8 Å². The zero-order chi connectivity index (χ0) is 32.3. The van der Waals surface area contributed by atoms with Crippen LogP contribution in [0.2, 0.25) is 0 Å². The van der Waals surface area contributed by atoms with E-state index in [9.17, 15) is 38.4 Å². The Balaban J connectivity index is 1.69. The number of unbranched alkanes of at least 4 members (excludes halogenated alkanes) is 2. The van der Waals surface area contributed by atoms with Crippen molar-refractivity contribution in [1.29, 1.82) is 0 Å². The largest absolute Gasteiger partial charge is 0.480 e. The van der Waals surface area contributed by atoms with Gasteiger partial charge in [-0.1, -0.05) is 36.8 Å². The lowest BCUT2D eigenvalue weighted by Gasteiger charge is -2.18. The molecule has 1 heterocycles. The van der Waals surface area contributed by atoms with Crippen molar-refractivity contribution < 1.29 is 48.2 Å². The van der Waals surface area contributed by atoms with Crippen molar-refractivity contribution in [2.45, 2.75) is 63.8 Å². The van der Waals surface area contributed by atoms with Gasteiger partial charge in [0.15, 0.2) is 11.6 Å². The van der Waals surface area contributed by atoms with Gasteiger partial charge in [-0.3, -0.25) is 38.5 Å². The summed E-state index contributed by atoms with van der Waals surface area (Å²) in [5.41, 5.74) is 0.784. The summed E-state index contributed by atoms with van der Waals surface area (Å²) in [5, 5.41) is 16.0. The van der Waals surface area contributed by atoms with Crippen LogP contribution in [-0.2, 0) is 49.5 Å². The Bertz CT molecular complexity index is 1210. The summed E-state index contributed by atoms with van der Waals surface area (Å²) >= 11 is 0. The highest BCUT2D eigenvalue weighted by atomic mass is 16.5. The van der Waals surface area contributed by atoms with E-state index >= 15 is 0 Å². The lowest BCUT2D eigenvalue weighted by molar-refractivity contribution is -0.143. The zero-order valence-corrected chi connectivity index (χ0v) is 24.4. The molecule has 238 valence electrons. The normalized spacial score (nSPS) is 13.0. The minimum Gasteiger partial charge on any atom is -0.480 e. The Morgan fingerprint density at radius 1 is 0.773 bits per heavy atom. The van der Waals surface area contributed by atoms with Gasteiger partial charge in [0.25, 0.3) is 11.8 Å². The number of rotatable bonds is 22. The number of benzene rings is 1. The van der Waals surface area contributed by atoms with Crippen LogP contribution in [-0.4, -0.2) is 89.5 Å². The molecule has 14 heteroatoms. The minimum absolute atomic E-state index is 0.150. The second-order valence-electron chi connectivity index (χ2n) is 10.1. The standard InChI is InChI=1S/C30H38N4O10/c35-22(18-31-25(37)9-5-2-6-16-34-28(40)14-15-29(34)41)10-12-27(39)33-23(17-21-7-3-1-4-8-21)24(36)11-13-26(38)32-20-44-19-30(42)43/h1,3-4,7-8,14-15,23H,2,5-6,9-13,16-20H2,(H,31,37)(H,32,38)(H,33,39)(H,42,43)/t23-/m0/s1. The van der Waals surface area contributed by atoms with Crippen LogP contribution < -0.4 is 16.0 Å². The molecule has 2 rings (SSSR count). The number of ketones is 2. The van der Waals surface area contributed by atoms with Gasteiger partial charge < -0.3 is 25.8 Å². The number of nitrogens with zero attached hydrogens (tertiary/aromatic N) is 1. The number of carbonyl (C=O) groups is 8. The third-order valence-corrected chi connectivity index (χ3v) is 6.50. The number of imide groups is 1. The highest BCUT2D eigenvalue weighted by Gasteiger charge is 2.23. The third-order valence-electron chi connectivity index (χ3n) is 6.50. The Hall–Kier alpha value is -4.72. The molecule has 0 bridgehead atoms. The van der Waals surface area contributed by atoms with Crippen LogP contribution >= 0.6 is 0 Å². The molecule has 0 aromatic heterocycles. The summed E-state index contributed by atoms with van der Waals surface area (Å²) < 4.78 is 4.73. The predicted molar refractivity (Wildman–Crippen MR) is 154 cm³/mol. The maximum absolute atomic E-state index is 12.9. The average molecular weight is 615 g/mol. The minimum atomic E-state index is -1.19. The fraction of sp³-hybridized carbons (Fsp3) is 0.467. The van der Waals surface area contributed by atoms with E-state index in [1.807, 2.05) is 0 Å². The van der Waals surface area contributed by atoms with Crippen molar-refractivity contribution in [3.05, 3.63) is 48.0 Å². The number of carbonyl (C=O) groups excluding carboxylic acids is 7. The van der Waals surface area contributed by atoms with Crippen LogP contribution in [0.25, 0.3) is 0 Å². The second-order valence-corrected chi connectivity index (χ2v) is 10.1. The number of carboxylic acids is 1. The summed E-state index contributed by atoms with van der Waals surface area (Å²) in [6, 6.07) is 8.02. The lowest BCUT2D eigenvalue weighted by Crippen LogP contribution is -2.43. The third kappa shape index (κ3) is 14.4. The molecule has 0 saturated heterocycles. The first-order valence-electron chi connectivity index (χ1n) is 14.3. The monoisotopic (exact) mass is 614 g/mol. The van der Waals surface area contributed by atoms with Gasteiger partial charge in [-0.15, -0.1) is 0 Å². The second kappa shape index (κ2) is 19.5. The fourth-order valence-electron chi connectivity index (χ4n) is 4.14. The molecule has 5 amide bonds. The SMILES string of the molecule is O=C(O)COCNC(=O)CCC(=O)[C@H](Cc1ccccc1)NC(=O)CCC(=O)CNC(=O)CCCCCN1C(=O)C=CC1=O. The van der Waals surface area contributed by atoms with Gasteiger partial charge in [-0.05, 0) is 24.8 Å². The molecule has 1 aliphatic heterocycles. The first kappa shape index (κ1) is 35.5. The molecule has 1 aliphatic rings. The first-order chi connectivity index (χ1) is 21.0. The summed E-state index contributed by atoms with van der Waals surface area (Å²) in [4.78, 5) is 96.4. The van der Waals surface area contributed by atoms with Crippen molar-refractivity contribution >= 4 is 47.1 Å². The van der Waals surface area contributed by atoms with Gasteiger partial charge in [0.1, 0.15) is 13.3 Å². The molecule has 0 saturated carbocycles. The van der Waals surface area contributed by atoms with Crippen LogP contribution in [0.15, 0.2) is 42.5 Å². The molecule has 1 atom stereocenters. The van der Waals surface area contributed by atoms with E-state index < -0.39 is 36.2 Å². The molecule has 14 nitrogen and oxygen atoms in total. The van der Waals surface area contributed by atoms with Crippen LogP contribution in [0.4, 0.5) is 0 Å². The number of nitrogens with one attached hydrogen (secondary N) is 3. The number of ether oxygens (including phenoxy) is 1. The van der Waals surface area contributed by atoms with E-state index in [1.165, 1.54) is 12.2 Å². The van der Waals surface area contributed by atoms with Crippen molar-refractivity contribution in [2.24, 2.45) is 0 Å². The average Bonchev–Trinajstić information content (AvgIpc) is 3.32. The van der Waals surface area contributed by atoms with Gasteiger partial charge >= 0.3 is 5.97 Å². The first-order valence-corrected chi connectivity index (χ1v) is 14.3. The molecule has 1 aromatic carbocycles. The van der Waals surface area contributed by atoms with Crippen LogP contribution in [0, 0.1) is 0 Å². The van der Waals surface area contributed by atoms with Gasteiger partial charge in [0.2, 0.25) is 17.7 Å². The van der Waals surface area contributed by atoms with Crippen LogP contribution in [0.1, 0.15) is 56.9 Å².